The number of rotatable bonds is 5. The topological polar surface area (TPSA) is 29.1 Å². The summed E-state index contributed by atoms with van der Waals surface area (Å²) in [5, 5.41) is 3.77. The van der Waals surface area contributed by atoms with Gasteiger partial charge in [0.05, 0.1) is 6.04 Å². The number of hydrogen-bond acceptors (Lipinski definition) is 1. The second kappa shape index (κ2) is 8.50. The van der Waals surface area contributed by atoms with Crippen LogP contribution in [-0.4, -0.2) is 5.91 Å². The predicted octanol–water partition coefficient (Wildman–Crippen LogP) is 5.57. The third kappa shape index (κ3) is 4.84. The lowest BCUT2D eigenvalue weighted by molar-refractivity contribution is -0.116. The molecule has 0 unspecified atom stereocenters. The van der Waals surface area contributed by atoms with Crippen molar-refractivity contribution >= 4 is 23.6 Å². The molecule has 0 saturated carbocycles. The summed E-state index contributed by atoms with van der Waals surface area (Å²) in [6.07, 6.45) is 3.33. The molecule has 0 heterocycles. The lowest BCUT2D eigenvalue weighted by atomic mass is 9.98. The Labute approximate surface area is 159 Å². The molecule has 2 nitrogen and oxygen atoms in total. The van der Waals surface area contributed by atoms with Crippen molar-refractivity contribution in [3.05, 3.63) is 112 Å². The summed E-state index contributed by atoms with van der Waals surface area (Å²) in [4.78, 5) is 12.5. The minimum atomic E-state index is -0.195. The molecule has 0 aliphatic rings. The van der Waals surface area contributed by atoms with E-state index in [1.807, 2.05) is 42.5 Å². The van der Waals surface area contributed by atoms with Crippen molar-refractivity contribution in [1.29, 1.82) is 0 Å². The Morgan fingerprint density at radius 3 is 2.15 bits per heavy atom. The zero-order valence-corrected chi connectivity index (χ0v) is 15.3. The normalized spacial score (nSPS) is 12.1. The average Bonchev–Trinajstić information content (AvgIpc) is 2.67. The van der Waals surface area contributed by atoms with Gasteiger partial charge in [0.2, 0.25) is 5.91 Å². The molecule has 130 valence electrons. The molecule has 0 saturated heterocycles. The van der Waals surface area contributed by atoms with Crippen LogP contribution in [0, 0.1) is 6.92 Å². The molecule has 3 heteroatoms. The zero-order valence-electron chi connectivity index (χ0n) is 14.5. The molecule has 1 atom stereocenters. The molecule has 3 aromatic carbocycles. The minimum Gasteiger partial charge on any atom is -0.342 e. The Morgan fingerprint density at radius 2 is 1.50 bits per heavy atom. The fraction of sp³-hybridized carbons (Fsp3) is 0.0870. The van der Waals surface area contributed by atoms with Crippen molar-refractivity contribution in [2.45, 2.75) is 13.0 Å². The van der Waals surface area contributed by atoms with Gasteiger partial charge in [-0.2, -0.15) is 0 Å². The van der Waals surface area contributed by atoms with Gasteiger partial charge in [-0.15, -0.1) is 0 Å². The quantitative estimate of drug-likeness (QED) is 0.591. The number of halogens is 1. The van der Waals surface area contributed by atoms with Crippen molar-refractivity contribution in [2.24, 2.45) is 0 Å². The lowest BCUT2D eigenvalue weighted by Gasteiger charge is -2.19. The monoisotopic (exact) mass is 361 g/mol. The third-order valence-electron chi connectivity index (χ3n) is 4.13. The van der Waals surface area contributed by atoms with Gasteiger partial charge in [0.15, 0.2) is 0 Å². The number of aryl methyl sites for hydroxylation is 1. The molecular weight excluding hydrogens is 342 g/mol. The van der Waals surface area contributed by atoms with Gasteiger partial charge in [-0.25, -0.2) is 0 Å². The Hall–Kier alpha value is -2.84. The van der Waals surface area contributed by atoms with Crippen LogP contribution >= 0.6 is 11.6 Å². The van der Waals surface area contributed by atoms with Crippen molar-refractivity contribution in [3.63, 3.8) is 0 Å². The molecule has 0 bridgehead atoms. The van der Waals surface area contributed by atoms with Gasteiger partial charge in [-0.1, -0.05) is 83.9 Å². The van der Waals surface area contributed by atoms with E-state index in [9.17, 15) is 4.79 Å². The second-order valence-electron chi connectivity index (χ2n) is 6.15. The van der Waals surface area contributed by atoms with Crippen molar-refractivity contribution in [1.82, 2.24) is 5.32 Å². The molecule has 0 spiro atoms. The Kier molecular flexibility index (Phi) is 5.88. The van der Waals surface area contributed by atoms with Crippen LogP contribution in [0.1, 0.15) is 28.3 Å². The maximum atomic E-state index is 12.5. The van der Waals surface area contributed by atoms with Crippen molar-refractivity contribution < 1.29 is 4.79 Å². The van der Waals surface area contributed by atoms with E-state index in [4.69, 9.17) is 11.6 Å². The van der Waals surface area contributed by atoms with Gasteiger partial charge >= 0.3 is 0 Å². The molecule has 1 amide bonds. The molecule has 0 fully saturated rings. The third-order valence-corrected chi connectivity index (χ3v) is 4.38. The van der Waals surface area contributed by atoms with Crippen LogP contribution in [0.3, 0.4) is 0 Å². The first-order valence-corrected chi connectivity index (χ1v) is 8.85. The van der Waals surface area contributed by atoms with E-state index in [0.29, 0.717) is 5.02 Å². The van der Waals surface area contributed by atoms with Crippen molar-refractivity contribution in [3.8, 4) is 0 Å². The van der Waals surface area contributed by atoms with Crippen LogP contribution < -0.4 is 5.32 Å². The van der Waals surface area contributed by atoms with E-state index in [1.165, 1.54) is 5.56 Å². The molecule has 3 aromatic rings. The highest BCUT2D eigenvalue weighted by Gasteiger charge is 2.15. The molecule has 0 aliphatic carbocycles. The summed E-state index contributed by atoms with van der Waals surface area (Å²) in [5.41, 5.74) is 4.21. The number of amides is 1. The summed E-state index contributed by atoms with van der Waals surface area (Å²) in [7, 11) is 0. The number of nitrogens with one attached hydrogen (secondary N) is 1. The van der Waals surface area contributed by atoms with Crippen LogP contribution in [-0.2, 0) is 4.79 Å². The van der Waals surface area contributed by atoms with Crippen molar-refractivity contribution in [2.75, 3.05) is 0 Å². The van der Waals surface area contributed by atoms with E-state index in [1.54, 1.807) is 24.3 Å². The highest BCUT2D eigenvalue weighted by molar-refractivity contribution is 6.30. The van der Waals surface area contributed by atoms with E-state index >= 15 is 0 Å². The van der Waals surface area contributed by atoms with E-state index in [-0.39, 0.29) is 11.9 Å². The molecule has 0 radical (unpaired) electrons. The van der Waals surface area contributed by atoms with Gasteiger partial charge < -0.3 is 5.32 Å². The van der Waals surface area contributed by atoms with E-state index in [0.717, 1.165) is 16.7 Å². The fourth-order valence-corrected chi connectivity index (χ4v) is 2.83. The molecular formula is C23H20ClNO. The predicted molar refractivity (Wildman–Crippen MR) is 108 cm³/mol. The summed E-state index contributed by atoms with van der Waals surface area (Å²) >= 11 is 5.89. The standard InChI is InChI=1S/C23H20ClNO/c1-17-7-12-20(13-8-17)23(19-5-3-2-4-6-19)25-22(26)16-11-18-9-14-21(24)15-10-18/h2-16,23H,1H3,(H,25,26)/b16-11+/t23-/m1/s1. The minimum absolute atomic E-state index is 0.144. The number of benzene rings is 3. The lowest BCUT2D eigenvalue weighted by Crippen LogP contribution is -2.27. The van der Waals surface area contributed by atoms with Crippen LogP contribution in [0.15, 0.2) is 84.9 Å². The maximum Gasteiger partial charge on any atom is 0.244 e. The Morgan fingerprint density at radius 1 is 0.885 bits per heavy atom. The first-order chi connectivity index (χ1) is 12.6. The molecule has 3 rings (SSSR count). The first kappa shape index (κ1) is 18.0. The maximum absolute atomic E-state index is 12.5. The summed E-state index contributed by atoms with van der Waals surface area (Å²) in [6, 6.07) is 25.4. The molecule has 0 aliphatic heterocycles. The van der Waals surface area contributed by atoms with E-state index in [2.05, 4.69) is 36.5 Å². The smallest absolute Gasteiger partial charge is 0.244 e. The number of carbonyl (C=O) groups excluding carboxylic acids is 1. The number of carbonyl (C=O) groups is 1. The van der Waals surface area contributed by atoms with E-state index < -0.39 is 0 Å². The zero-order chi connectivity index (χ0) is 18.4. The summed E-state index contributed by atoms with van der Waals surface area (Å²) < 4.78 is 0. The number of hydrogen-bond donors (Lipinski definition) is 1. The highest BCUT2D eigenvalue weighted by atomic mass is 35.5. The average molecular weight is 362 g/mol. The first-order valence-electron chi connectivity index (χ1n) is 8.47. The van der Waals surface area contributed by atoms with Crippen LogP contribution in [0.5, 0.6) is 0 Å². The Bertz CT molecular complexity index is 884. The second-order valence-corrected chi connectivity index (χ2v) is 6.58. The summed E-state index contributed by atoms with van der Waals surface area (Å²) in [6.45, 7) is 2.05. The fourth-order valence-electron chi connectivity index (χ4n) is 2.70. The largest absolute Gasteiger partial charge is 0.342 e. The SMILES string of the molecule is Cc1ccc([C@H](NC(=O)/C=C/c2ccc(Cl)cc2)c2ccccc2)cc1. The van der Waals surface area contributed by atoms with Gasteiger partial charge in [-0.05, 0) is 41.8 Å². The summed E-state index contributed by atoms with van der Waals surface area (Å²) in [5.74, 6) is -0.144. The van der Waals surface area contributed by atoms with Gasteiger partial charge in [0, 0.05) is 11.1 Å². The molecule has 26 heavy (non-hydrogen) atoms. The van der Waals surface area contributed by atoms with Gasteiger partial charge in [0.1, 0.15) is 0 Å². The molecule has 0 aromatic heterocycles. The highest BCUT2D eigenvalue weighted by Crippen LogP contribution is 2.22. The van der Waals surface area contributed by atoms with Crippen LogP contribution in [0.2, 0.25) is 5.02 Å². The Balaban J connectivity index is 1.80. The molecule has 1 N–H and O–H groups in total. The van der Waals surface area contributed by atoms with Crippen LogP contribution in [0.4, 0.5) is 0 Å². The van der Waals surface area contributed by atoms with Gasteiger partial charge in [0.25, 0.3) is 0 Å². The van der Waals surface area contributed by atoms with Gasteiger partial charge in [-0.3, -0.25) is 4.79 Å². The van der Waals surface area contributed by atoms with Crippen LogP contribution in [0.25, 0.3) is 6.08 Å².